The molecule has 116 valence electrons. The van der Waals surface area contributed by atoms with Gasteiger partial charge in [-0.15, -0.1) is 0 Å². The number of hydrogen-bond acceptors (Lipinski definition) is 3. The molecule has 1 fully saturated rings. The lowest BCUT2D eigenvalue weighted by molar-refractivity contribution is -0.144. The van der Waals surface area contributed by atoms with Gasteiger partial charge >= 0.3 is 5.97 Å². The van der Waals surface area contributed by atoms with Crippen molar-refractivity contribution in [2.75, 3.05) is 20.1 Å². The quantitative estimate of drug-likeness (QED) is 0.808. The van der Waals surface area contributed by atoms with E-state index < -0.39 is 11.5 Å². The topological polar surface area (TPSA) is 52.6 Å². The Hall–Kier alpha value is -1.39. The lowest BCUT2D eigenvalue weighted by Gasteiger charge is -2.28. The Morgan fingerprint density at radius 2 is 2.14 bits per heavy atom. The monoisotopic (exact) mass is 290 g/mol. The summed E-state index contributed by atoms with van der Waals surface area (Å²) in [5.41, 5.74) is 0.610. The zero-order chi connectivity index (χ0) is 15.3. The molecule has 2 atom stereocenters. The molecule has 4 nitrogen and oxygen atoms in total. The number of nitrogens with zero attached hydrogens (tertiary/aromatic N) is 1. The molecule has 21 heavy (non-hydrogen) atoms. The van der Waals surface area contributed by atoms with Crippen molar-refractivity contribution in [3.8, 4) is 0 Å². The molecule has 0 radical (unpaired) electrons. The number of aliphatic carboxylic acids is 1. The van der Waals surface area contributed by atoms with Crippen molar-refractivity contribution in [1.82, 2.24) is 10.2 Å². The highest BCUT2D eigenvalue weighted by Gasteiger charge is 2.45. The molecule has 0 spiro atoms. The average molecular weight is 290 g/mol. The highest BCUT2D eigenvalue weighted by molar-refractivity contribution is 5.79. The minimum atomic E-state index is -0.722. The summed E-state index contributed by atoms with van der Waals surface area (Å²) >= 11 is 0. The highest BCUT2D eigenvalue weighted by Crippen LogP contribution is 2.33. The molecule has 4 heteroatoms. The van der Waals surface area contributed by atoms with Crippen molar-refractivity contribution in [1.29, 1.82) is 0 Å². The maximum Gasteiger partial charge on any atom is 0.323 e. The Morgan fingerprint density at radius 3 is 2.76 bits per heavy atom. The molecular weight excluding hydrogens is 264 g/mol. The summed E-state index contributed by atoms with van der Waals surface area (Å²) in [4.78, 5) is 13.9. The lowest BCUT2D eigenvalue weighted by Crippen LogP contribution is -2.51. The number of carbonyl (C=O) groups is 1. The van der Waals surface area contributed by atoms with Gasteiger partial charge in [-0.3, -0.25) is 4.79 Å². The number of benzene rings is 1. The minimum Gasteiger partial charge on any atom is -0.480 e. The van der Waals surface area contributed by atoms with E-state index in [4.69, 9.17) is 0 Å². The summed E-state index contributed by atoms with van der Waals surface area (Å²) in [7, 11) is 2.11. The predicted molar refractivity (Wildman–Crippen MR) is 84.5 cm³/mol. The number of hydrogen-bond donors (Lipinski definition) is 2. The third-order valence-electron chi connectivity index (χ3n) is 4.63. The maximum atomic E-state index is 11.6. The van der Waals surface area contributed by atoms with E-state index in [-0.39, 0.29) is 0 Å². The van der Waals surface area contributed by atoms with E-state index in [9.17, 15) is 9.90 Å². The van der Waals surface area contributed by atoms with Gasteiger partial charge in [0.1, 0.15) is 5.54 Å². The van der Waals surface area contributed by atoms with Crippen LogP contribution in [0.15, 0.2) is 30.3 Å². The Morgan fingerprint density at radius 1 is 1.43 bits per heavy atom. The molecule has 0 aromatic heterocycles. The Labute approximate surface area is 127 Å². The van der Waals surface area contributed by atoms with E-state index in [1.807, 2.05) is 13.0 Å². The number of likely N-dealkylation sites (N-methyl/N-ethyl adjacent to an activating group) is 2. The van der Waals surface area contributed by atoms with E-state index in [0.29, 0.717) is 19.0 Å². The van der Waals surface area contributed by atoms with E-state index in [1.165, 1.54) is 5.56 Å². The van der Waals surface area contributed by atoms with Crippen LogP contribution in [0.4, 0.5) is 0 Å². The van der Waals surface area contributed by atoms with Crippen LogP contribution in [0.5, 0.6) is 0 Å². The molecule has 0 heterocycles. The maximum absolute atomic E-state index is 11.6. The van der Waals surface area contributed by atoms with Crippen LogP contribution in [-0.2, 0) is 11.2 Å². The third kappa shape index (κ3) is 3.83. The van der Waals surface area contributed by atoms with Crippen LogP contribution in [0.1, 0.15) is 31.7 Å². The van der Waals surface area contributed by atoms with Gasteiger partial charge in [0.25, 0.3) is 0 Å². The number of rotatable bonds is 7. The molecule has 1 aliphatic carbocycles. The summed E-state index contributed by atoms with van der Waals surface area (Å²) in [6.07, 6.45) is 3.37. The first-order valence-corrected chi connectivity index (χ1v) is 7.80. The smallest absolute Gasteiger partial charge is 0.323 e. The Bertz CT molecular complexity index is 463. The second-order valence-electron chi connectivity index (χ2n) is 6.03. The molecule has 1 aliphatic rings. The lowest BCUT2D eigenvalue weighted by atomic mass is 9.97. The van der Waals surface area contributed by atoms with Crippen LogP contribution in [0.2, 0.25) is 0 Å². The summed E-state index contributed by atoms with van der Waals surface area (Å²) in [5, 5.41) is 12.7. The molecule has 2 unspecified atom stereocenters. The Kier molecular flexibility index (Phi) is 5.37. The van der Waals surface area contributed by atoms with Crippen LogP contribution in [0, 0.1) is 0 Å². The fourth-order valence-electron chi connectivity index (χ4n) is 3.30. The van der Waals surface area contributed by atoms with Crippen LogP contribution in [0.3, 0.4) is 0 Å². The molecule has 1 saturated carbocycles. The van der Waals surface area contributed by atoms with Crippen LogP contribution >= 0.6 is 0 Å². The standard InChI is InChI=1S/C17H26N2O2/c1-3-18-17(16(20)21)11-9-15(13-17)19(2)12-10-14-7-5-4-6-8-14/h4-8,15,18H,3,9-13H2,1-2H3,(H,20,21). The van der Waals surface area contributed by atoms with Crippen LogP contribution in [0.25, 0.3) is 0 Å². The number of nitrogens with one attached hydrogen (secondary N) is 1. The van der Waals surface area contributed by atoms with E-state index in [2.05, 4.69) is 41.5 Å². The SMILES string of the molecule is CCNC1(C(=O)O)CCC(N(C)CCc2ccccc2)C1. The fourth-order valence-corrected chi connectivity index (χ4v) is 3.30. The summed E-state index contributed by atoms with van der Waals surface area (Å²) in [5.74, 6) is -0.705. The zero-order valence-electron chi connectivity index (χ0n) is 13.0. The third-order valence-corrected chi connectivity index (χ3v) is 4.63. The van der Waals surface area contributed by atoms with E-state index >= 15 is 0 Å². The zero-order valence-corrected chi connectivity index (χ0v) is 13.0. The first-order chi connectivity index (χ1) is 10.1. The van der Waals surface area contributed by atoms with Crippen LogP contribution in [-0.4, -0.2) is 47.7 Å². The van der Waals surface area contributed by atoms with Crippen molar-refractivity contribution in [3.63, 3.8) is 0 Å². The molecule has 1 aromatic rings. The van der Waals surface area contributed by atoms with E-state index in [1.54, 1.807) is 0 Å². The van der Waals surface area contributed by atoms with Gasteiger partial charge in [-0.2, -0.15) is 0 Å². The first kappa shape index (κ1) is 16.0. The van der Waals surface area contributed by atoms with Gasteiger partial charge in [0, 0.05) is 12.6 Å². The van der Waals surface area contributed by atoms with Gasteiger partial charge in [-0.1, -0.05) is 37.3 Å². The molecular formula is C17H26N2O2. The number of carboxylic acids is 1. The predicted octanol–water partition coefficient (Wildman–Crippen LogP) is 2.15. The Balaban J connectivity index is 1.89. The van der Waals surface area contributed by atoms with Gasteiger partial charge in [-0.25, -0.2) is 0 Å². The van der Waals surface area contributed by atoms with Crippen molar-refractivity contribution in [2.45, 2.75) is 44.2 Å². The molecule has 1 aromatic carbocycles. The first-order valence-electron chi connectivity index (χ1n) is 7.80. The molecule has 0 saturated heterocycles. The minimum absolute atomic E-state index is 0.351. The molecule has 2 N–H and O–H groups in total. The second-order valence-corrected chi connectivity index (χ2v) is 6.03. The highest BCUT2D eigenvalue weighted by atomic mass is 16.4. The molecule has 0 bridgehead atoms. The second kappa shape index (κ2) is 7.05. The number of carboxylic acid groups (broad SMARTS) is 1. The molecule has 0 amide bonds. The normalized spacial score (nSPS) is 25.4. The molecule has 0 aliphatic heterocycles. The largest absolute Gasteiger partial charge is 0.480 e. The average Bonchev–Trinajstić information content (AvgIpc) is 2.92. The van der Waals surface area contributed by atoms with Crippen LogP contribution < -0.4 is 5.32 Å². The summed E-state index contributed by atoms with van der Waals surface area (Å²) in [6.45, 7) is 3.64. The van der Waals surface area contributed by atoms with Gasteiger partial charge in [-0.05, 0) is 44.8 Å². The van der Waals surface area contributed by atoms with Crippen molar-refractivity contribution >= 4 is 5.97 Å². The van der Waals surface area contributed by atoms with E-state index in [0.717, 1.165) is 25.8 Å². The van der Waals surface area contributed by atoms with Crippen molar-refractivity contribution < 1.29 is 9.90 Å². The fraction of sp³-hybridized carbons (Fsp3) is 0.588. The summed E-state index contributed by atoms with van der Waals surface area (Å²) in [6, 6.07) is 10.8. The van der Waals surface area contributed by atoms with Gasteiger partial charge < -0.3 is 15.3 Å². The van der Waals surface area contributed by atoms with Crippen molar-refractivity contribution in [3.05, 3.63) is 35.9 Å². The van der Waals surface area contributed by atoms with Gasteiger partial charge in [0.05, 0.1) is 0 Å². The summed E-state index contributed by atoms with van der Waals surface area (Å²) < 4.78 is 0. The molecule has 2 rings (SSSR count). The van der Waals surface area contributed by atoms with Crippen molar-refractivity contribution in [2.24, 2.45) is 0 Å². The van der Waals surface area contributed by atoms with Gasteiger partial charge in [0.2, 0.25) is 0 Å². The van der Waals surface area contributed by atoms with Gasteiger partial charge in [0.15, 0.2) is 0 Å².